The first-order chi connectivity index (χ1) is 12.7. The molecule has 2 aliphatic rings. The summed E-state index contributed by atoms with van der Waals surface area (Å²) in [5.74, 6) is 1.74. The number of anilines is 1. The summed E-state index contributed by atoms with van der Waals surface area (Å²) in [6, 6.07) is 8.21. The lowest BCUT2D eigenvalue weighted by molar-refractivity contribution is -0.123. The predicted molar refractivity (Wildman–Crippen MR) is 97.9 cm³/mol. The van der Waals surface area contributed by atoms with Gasteiger partial charge in [0.2, 0.25) is 5.91 Å². The number of aromatic amines is 1. The van der Waals surface area contributed by atoms with Crippen LogP contribution in [0.15, 0.2) is 24.3 Å². The lowest BCUT2D eigenvalue weighted by Crippen LogP contribution is -2.52. The average molecular weight is 355 g/mol. The normalized spacial score (nSPS) is 25.5. The lowest BCUT2D eigenvalue weighted by Gasteiger charge is -2.39. The molecular formula is C19H25N5O2. The van der Waals surface area contributed by atoms with E-state index < -0.39 is 0 Å². The molecule has 0 spiro atoms. The summed E-state index contributed by atoms with van der Waals surface area (Å²) in [4.78, 5) is 16.9. The van der Waals surface area contributed by atoms with E-state index in [2.05, 4.69) is 25.8 Å². The zero-order valence-corrected chi connectivity index (χ0v) is 15.0. The molecule has 1 aliphatic carbocycles. The van der Waals surface area contributed by atoms with E-state index in [1.54, 1.807) is 0 Å². The number of aryl methyl sites for hydroxylation is 1. The van der Waals surface area contributed by atoms with Crippen molar-refractivity contribution in [3.05, 3.63) is 41.5 Å². The van der Waals surface area contributed by atoms with Crippen molar-refractivity contribution in [2.45, 2.75) is 44.8 Å². The first-order valence-corrected chi connectivity index (χ1v) is 9.30. The molecule has 2 heterocycles. The Morgan fingerprint density at radius 3 is 2.92 bits per heavy atom. The molecule has 26 heavy (non-hydrogen) atoms. The van der Waals surface area contributed by atoms with Crippen LogP contribution in [0.2, 0.25) is 0 Å². The van der Waals surface area contributed by atoms with Crippen LogP contribution >= 0.6 is 0 Å². The van der Waals surface area contributed by atoms with Crippen molar-refractivity contribution in [3.63, 3.8) is 0 Å². The van der Waals surface area contributed by atoms with Gasteiger partial charge in [-0.05, 0) is 43.9 Å². The molecule has 3 N–H and O–H groups in total. The van der Waals surface area contributed by atoms with Crippen molar-refractivity contribution in [1.82, 2.24) is 20.5 Å². The number of ether oxygens (including phenoxy) is 1. The summed E-state index contributed by atoms with van der Waals surface area (Å²) in [6.45, 7) is 3.54. The summed E-state index contributed by atoms with van der Waals surface area (Å²) < 4.78 is 5.79. The summed E-state index contributed by atoms with van der Waals surface area (Å²) in [6.07, 6.45) is 3.63. The van der Waals surface area contributed by atoms with E-state index in [1.807, 2.05) is 31.2 Å². The van der Waals surface area contributed by atoms with Crippen LogP contribution in [-0.4, -0.2) is 46.4 Å². The van der Waals surface area contributed by atoms with Gasteiger partial charge >= 0.3 is 0 Å². The quantitative estimate of drug-likeness (QED) is 0.778. The van der Waals surface area contributed by atoms with Gasteiger partial charge in [0.05, 0.1) is 12.7 Å². The number of aromatic nitrogens is 3. The molecule has 1 aromatic carbocycles. The number of fused-ring (bicyclic) bond motifs is 1. The predicted octanol–water partition coefficient (Wildman–Crippen LogP) is 1.80. The maximum absolute atomic E-state index is 12.6. The minimum atomic E-state index is 0.0429. The second kappa shape index (κ2) is 7.55. The molecule has 0 radical (unpaired) electrons. The van der Waals surface area contributed by atoms with Gasteiger partial charge in [-0.2, -0.15) is 5.10 Å². The highest BCUT2D eigenvalue weighted by atomic mass is 16.5. The number of nitrogens with one attached hydrogen (secondary N) is 3. The number of hydrogen-bond acceptors (Lipinski definition) is 5. The third-order valence-corrected chi connectivity index (χ3v) is 5.23. The molecule has 3 atom stereocenters. The van der Waals surface area contributed by atoms with Gasteiger partial charge in [-0.25, -0.2) is 4.98 Å². The standard InChI is InChI=1S/C19H25N5O2/c1-12-21-18(24-23-12)10-13-2-5-15(6-3-13)22-19(25)14-4-7-17-16(11-14)20-8-9-26-17/h2-3,5-6,14,16-17,20H,4,7-11H2,1H3,(H,22,25)(H,21,23,24)/t14-,16+,17+/m0/s1. The molecule has 1 saturated carbocycles. The molecule has 1 saturated heterocycles. The molecule has 2 aromatic rings. The third-order valence-electron chi connectivity index (χ3n) is 5.23. The monoisotopic (exact) mass is 355 g/mol. The molecule has 2 fully saturated rings. The van der Waals surface area contributed by atoms with Crippen LogP contribution in [0, 0.1) is 12.8 Å². The summed E-state index contributed by atoms with van der Waals surface area (Å²) >= 11 is 0. The number of nitrogens with zero attached hydrogens (tertiary/aromatic N) is 2. The van der Waals surface area contributed by atoms with Gasteiger partial charge in [0.25, 0.3) is 0 Å². The van der Waals surface area contributed by atoms with E-state index in [4.69, 9.17) is 4.74 Å². The summed E-state index contributed by atoms with van der Waals surface area (Å²) in [5, 5.41) is 13.5. The van der Waals surface area contributed by atoms with Crippen LogP contribution in [0.4, 0.5) is 5.69 Å². The number of H-pyrrole nitrogens is 1. The molecule has 0 bridgehead atoms. The number of benzene rings is 1. The maximum atomic E-state index is 12.6. The largest absolute Gasteiger partial charge is 0.375 e. The second-order valence-electron chi connectivity index (χ2n) is 7.18. The number of carbonyl (C=O) groups excluding carboxylic acids is 1. The second-order valence-corrected chi connectivity index (χ2v) is 7.18. The Morgan fingerprint density at radius 1 is 1.31 bits per heavy atom. The molecule has 1 amide bonds. The molecule has 4 rings (SSSR count). The molecule has 0 unspecified atom stereocenters. The highest BCUT2D eigenvalue weighted by molar-refractivity contribution is 5.92. The lowest BCUT2D eigenvalue weighted by atomic mass is 9.82. The highest BCUT2D eigenvalue weighted by Gasteiger charge is 2.35. The van der Waals surface area contributed by atoms with E-state index in [-0.39, 0.29) is 17.9 Å². The number of carbonyl (C=O) groups is 1. The first kappa shape index (κ1) is 17.2. The zero-order chi connectivity index (χ0) is 17.9. The molecule has 7 heteroatoms. The highest BCUT2D eigenvalue weighted by Crippen LogP contribution is 2.29. The van der Waals surface area contributed by atoms with Crippen molar-refractivity contribution in [3.8, 4) is 0 Å². The Labute approximate surface area is 152 Å². The number of hydrogen-bond donors (Lipinski definition) is 3. The molecule has 7 nitrogen and oxygen atoms in total. The van der Waals surface area contributed by atoms with Gasteiger partial charge in [-0.15, -0.1) is 0 Å². The fraction of sp³-hybridized carbons (Fsp3) is 0.526. The van der Waals surface area contributed by atoms with Gasteiger partial charge in [0.1, 0.15) is 5.82 Å². The van der Waals surface area contributed by atoms with Gasteiger partial charge in [0, 0.05) is 30.6 Å². The Kier molecular flexibility index (Phi) is 4.99. The number of morpholine rings is 1. The Morgan fingerprint density at radius 2 is 2.15 bits per heavy atom. The summed E-state index contributed by atoms with van der Waals surface area (Å²) in [7, 11) is 0. The SMILES string of the molecule is Cc1nc(Cc2ccc(NC(=O)[C@H]3CC[C@H]4OCCN[C@@H]4C3)cc2)n[nH]1. The average Bonchev–Trinajstić information content (AvgIpc) is 3.07. The van der Waals surface area contributed by atoms with E-state index in [1.165, 1.54) is 0 Å². The van der Waals surface area contributed by atoms with E-state index in [0.717, 1.165) is 55.3 Å². The van der Waals surface area contributed by atoms with Crippen LogP contribution < -0.4 is 10.6 Å². The van der Waals surface area contributed by atoms with Gasteiger partial charge in [-0.1, -0.05) is 12.1 Å². The fourth-order valence-electron chi connectivity index (χ4n) is 3.85. The Bertz CT molecular complexity index is 758. The van der Waals surface area contributed by atoms with Crippen LogP contribution in [-0.2, 0) is 16.0 Å². The van der Waals surface area contributed by atoms with Crippen LogP contribution in [0.3, 0.4) is 0 Å². The van der Waals surface area contributed by atoms with Crippen LogP contribution in [0.5, 0.6) is 0 Å². The van der Waals surface area contributed by atoms with E-state index in [9.17, 15) is 4.79 Å². The van der Waals surface area contributed by atoms with Gasteiger partial charge in [0.15, 0.2) is 5.82 Å². The first-order valence-electron chi connectivity index (χ1n) is 9.30. The molecule has 138 valence electrons. The van der Waals surface area contributed by atoms with Crippen molar-refractivity contribution < 1.29 is 9.53 Å². The van der Waals surface area contributed by atoms with E-state index in [0.29, 0.717) is 12.5 Å². The molecule has 1 aromatic heterocycles. The van der Waals surface area contributed by atoms with Crippen LogP contribution in [0.25, 0.3) is 0 Å². The summed E-state index contributed by atoms with van der Waals surface area (Å²) in [5.41, 5.74) is 1.95. The number of amides is 1. The number of rotatable bonds is 4. The van der Waals surface area contributed by atoms with E-state index >= 15 is 0 Å². The Balaban J connectivity index is 1.32. The third kappa shape index (κ3) is 3.94. The zero-order valence-electron chi connectivity index (χ0n) is 15.0. The minimum Gasteiger partial charge on any atom is -0.375 e. The van der Waals surface area contributed by atoms with Crippen LogP contribution in [0.1, 0.15) is 36.5 Å². The minimum absolute atomic E-state index is 0.0429. The Hall–Kier alpha value is -2.25. The van der Waals surface area contributed by atoms with Crippen molar-refractivity contribution >= 4 is 11.6 Å². The van der Waals surface area contributed by atoms with Gasteiger partial charge in [-0.3, -0.25) is 9.89 Å². The van der Waals surface area contributed by atoms with Crippen molar-refractivity contribution in [1.29, 1.82) is 0 Å². The van der Waals surface area contributed by atoms with Crippen molar-refractivity contribution in [2.24, 2.45) is 5.92 Å². The molecular weight excluding hydrogens is 330 g/mol. The topological polar surface area (TPSA) is 91.9 Å². The molecule has 1 aliphatic heterocycles. The smallest absolute Gasteiger partial charge is 0.227 e. The fourth-order valence-corrected chi connectivity index (χ4v) is 3.85. The van der Waals surface area contributed by atoms with Gasteiger partial charge < -0.3 is 15.4 Å². The van der Waals surface area contributed by atoms with Crippen molar-refractivity contribution in [2.75, 3.05) is 18.5 Å². The maximum Gasteiger partial charge on any atom is 0.227 e.